The summed E-state index contributed by atoms with van der Waals surface area (Å²) in [5.41, 5.74) is 0.551. The number of piperidine rings is 1. The van der Waals surface area contributed by atoms with Gasteiger partial charge in [0.1, 0.15) is 12.0 Å². The number of amides is 1. The molecule has 0 bridgehead atoms. The number of carbonyl (C=O) groups is 1. The van der Waals surface area contributed by atoms with Crippen LogP contribution >= 0.6 is 0 Å². The number of hydrogen-bond acceptors (Lipinski definition) is 2. The second kappa shape index (κ2) is 5.91. The highest BCUT2D eigenvalue weighted by atomic mass is 19.1. The first-order valence-corrected chi connectivity index (χ1v) is 6.05. The van der Waals surface area contributed by atoms with Crippen LogP contribution in [0.25, 0.3) is 0 Å². The van der Waals surface area contributed by atoms with E-state index in [1.54, 1.807) is 4.90 Å². The molecular formula is C13H16F2N2O. The molecule has 3 nitrogen and oxygen atoms in total. The van der Waals surface area contributed by atoms with Gasteiger partial charge >= 0.3 is 0 Å². The smallest absolute Gasteiger partial charge is 0.238 e. The topological polar surface area (TPSA) is 32.3 Å². The Morgan fingerprint density at radius 1 is 1.39 bits per heavy atom. The molecular weight excluding hydrogens is 238 g/mol. The summed E-state index contributed by atoms with van der Waals surface area (Å²) >= 11 is 0. The van der Waals surface area contributed by atoms with Crippen LogP contribution in [0.3, 0.4) is 0 Å². The third-order valence-corrected chi connectivity index (χ3v) is 2.94. The van der Waals surface area contributed by atoms with Crippen LogP contribution in [-0.4, -0.2) is 36.6 Å². The molecule has 1 unspecified atom stereocenters. The molecule has 1 aliphatic rings. The van der Waals surface area contributed by atoms with Crippen molar-refractivity contribution in [3.05, 3.63) is 30.1 Å². The molecule has 0 saturated carbocycles. The average Bonchev–Trinajstić information content (AvgIpc) is 2.32. The van der Waals surface area contributed by atoms with Gasteiger partial charge in [0.05, 0.1) is 6.54 Å². The quantitative estimate of drug-likeness (QED) is 0.896. The fourth-order valence-electron chi connectivity index (χ4n) is 2.08. The third-order valence-electron chi connectivity index (χ3n) is 2.94. The summed E-state index contributed by atoms with van der Waals surface area (Å²) < 4.78 is 25.8. The molecule has 1 amide bonds. The Labute approximate surface area is 105 Å². The summed E-state index contributed by atoms with van der Waals surface area (Å²) in [7, 11) is 0. The van der Waals surface area contributed by atoms with E-state index in [4.69, 9.17) is 0 Å². The van der Waals surface area contributed by atoms with Crippen molar-refractivity contribution >= 4 is 11.6 Å². The number of alkyl halides is 1. The number of carbonyl (C=O) groups excluding carboxylic acids is 1. The summed E-state index contributed by atoms with van der Waals surface area (Å²) in [4.78, 5) is 13.5. The van der Waals surface area contributed by atoms with Crippen molar-refractivity contribution in [1.29, 1.82) is 0 Å². The number of likely N-dealkylation sites (tertiary alicyclic amines) is 1. The lowest BCUT2D eigenvalue weighted by molar-refractivity contribution is -0.117. The van der Waals surface area contributed by atoms with E-state index < -0.39 is 6.17 Å². The van der Waals surface area contributed by atoms with Gasteiger partial charge in [-0.05, 0) is 43.7 Å². The first-order valence-electron chi connectivity index (χ1n) is 6.05. The van der Waals surface area contributed by atoms with Crippen LogP contribution in [0.2, 0.25) is 0 Å². The molecule has 1 aromatic rings. The Kier molecular flexibility index (Phi) is 4.25. The van der Waals surface area contributed by atoms with E-state index >= 15 is 0 Å². The number of anilines is 1. The predicted octanol–water partition coefficient (Wildman–Crippen LogP) is 2.20. The lowest BCUT2D eigenvalue weighted by Crippen LogP contribution is -2.41. The van der Waals surface area contributed by atoms with Crippen molar-refractivity contribution in [3.8, 4) is 0 Å². The summed E-state index contributed by atoms with van der Waals surface area (Å²) in [6, 6.07) is 5.57. The Bertz CT molecular complexity index is 408. The molecule has 5 heteroatoms. The van der Waals surface area contributed by atoms with Crippen molar-refractivity contribution in [1.82, 2.24) is 4.90 Å². The molecule has 0 aliphatic carbocycles. The fourth-order valence-corrected chi connectivity index (χ4v) is 2.08. The standard InChI is InChI=1S/C13H16F2N2O/c14-10-3-5-12(6-4-10)16-13(18)9-17-7-1-2-11(15)8-17/h3-6,11H,1-2,7-9H2,(H,16,18). The Hall–Kier alpha value is -1.49. The number of hydrogen-bond donors (Lipinski definition) is 1. The van der Waals surface area contributed by atoms with Gasteiger partial charge in [0.15, 0.2) is 0 Å². The van der Waals surface area contributed by atoms with Crippen LogP contribution in [0.4, 0.5) is 14.5 Å². The normalized spacial score (nSPS) is 20.7. The van der Waals surface area contributed by atoms with Gasteiger partial charge in [-0.15, -0.1) is 0 Å². The molecule has 1 atom stereocenters. The van der Waals surface area contributed by atoms with Crippen LogP contribution in [0.5, 0.6) is 0 Å². The number of nitrogens with one attached hydrogen (secondary N) is 1. The summed E-state index contributed by atoms with van der Waals surface area (Å²) in [5.74, 6) is -0.542. The Balaban J connectivity index is 1.83. The van der Waals surface area contributed by atoms with Gasteiger partial charge < -0.3 is 5.32 Å². The SMILES string of the molecule is O=C(CN1CCCC(F)C1)Nc1ccc(F)cc1. The summed E-state index contributed by atoms with van der Waals surface area (Å²) in [6.07, 6.45) is 0.526. The maximum Gasteiger partial charge on any atom is 0.238 e. The molecule has 0 aromatic heterocycles. The first kappa shape index (κ1) is 13.0. The van der Waals surface area contributed by atoms with Crippen LogP contribution in [0.1, 0.15) is 12.8 Å². The highest BCUT2D eigenvalue weighted by Gasteiger charge is 2.20. The van der Waals surface area contributed by atoms with Crippen LogP contribution in [-0.2, 0) is 4.79 Å². The molecule has 1 fully saturated rings. The zero-order chi connectivity index (χ0) is 13.0. The molecule has 1 aliphatic heterocycles. The van der Waals surface area contributed by atoms with E-state index in [0.717, 1.165) is 13.0 Å². The monoisotopic (exact) mass is 254 g/mol. The molecule has 2 rings (SSSR count). The second-order valence-corrected chi connectivity index (χ2v) is 4.53. The maximum absolute atomic E-state index is 13.1. The fraction of sp³-hybridized carbons (Fsp3) is 0.462. The third kappa shape index (κ3) is 3.77. The highest BCUT2D eigenvalue weighted by molar-refractivity contribution is 5.92. The van der Waals surface area contributed by atoms with Gasteiger partial charge in [-0.2, -0.15) is 0 Å². The zero-order valence-corrected chi connectivity index (χ0v) is 10.0. The van der Waals surface area contributed by atoms with Gasteiger partial charge in [-0.25, -0.2) is 8.78 Å². The maximum atomic E-state index is 13.1. The number of rotatable bonds is 3. The van der Waals surface area contributed by atoms with E-state index in [0.29, 0.717) is 18.7 Å². The predicted molar refractivity (Wildman–Crippen MR) is 65.6 cm³/mol. The van der Waals surface area contributed by atoms with Crippen molar-refractivity contribution in [2.45, 2.75) is 19.0 Å². The van der Waals surface area contributed by atoms with E-state index in [2.05, 4.69) is 5.32 Å². The minimum atomic E-state index is -0.836. The van der Waals surface area contributed by atoms with Crippen molar-refractivity contribution in [2.75, 3.05) is 25.0 Å². The van der Waals surface area contributed by atoms with Gasteiger partial charge in [-0.1, -0.05) is 0 Å². The molecule has 1 N–H and O–H groups in total. The lowest BCUT2D eigenvalue weighted by atomic mass is 10.1. The summed E-state index contributed by atoms with van der Waals surface area (Å²) in [6.45, 7) is 1.24. The molecule has 0 spiro atoms. The molecule has 1 aromatic carbocycles. The van der Waals surface area contributed by atoms with E-state index in [1.165, 1.54) is 24.3 Å². The van der Waals surface area contributed by atoms with Gasteiger partial charge in [0.25, 0.3) is 0 Å². The Morgan fingerprint density at radius 3 is 2.78 bits per heavy atom. The van der Waals surface area contributed by atoms with Crippen molar-refractivity contribution < 1.29 is 13.6 Å². The molecule has 1 saturated heterocycles. The van der Waals surface area contributed by atoms with Gasteiger partial charge in [-0.3, -0.25) is 9.69 Å². The number of nitrogens with zero attached hydrogens (tertiary/aromatic N) is 1. The number of halogens is 2. The zero-order valence-electron chi connectivity index (χ0n) is 10.0. The van der Waals surface area contributed by atoms with Crippen LogP contribution in [0, 0.1) is 5.82 Å². The molecule has 0 radical (unpaired) electrons. The number of benzene rings is 1. The van der Waals surface area contributed by atoms with Crippen molar-refractivity contribution in [3.63, 3.8) is 0 Å². The van der Waals surface area contributed by atoms with Crippen molar-refractivity contribution in [2.24, 2.45) is 0 Å². The molecule has 1 heterocycles. The molecule has 98 valence electrons. The summed E-state index contributed by atoms with van der Waals surface area (Å²) in [5, 5.41) is 2.66. The molecule has 18 heavy (non-hydrogen) atoms. The van der Waals surface area contributed by atoms with E-state index in [9.17, 15) is 13.6 Å². The van der Waals surface area contributed by atoms with Gasteiger partial charge in [0, 0.05) is 12.2 Å². The largest absolute Gasteiger partial charge is 0.325 e. The minimum absolute atomic E-state index is 0.178. The van der Waals surface area contributed by atoms with Crippen LogP contribution < -0.4 is 5.32 Å². The first-order chi connectivity index (χ1) is 8.63. The average molecular weight is 254 g/mol. The van der Waals surface area contributed by atoms with Gasteiger partial charge in [0.2, 0.25) is 5.91 Å². The lowest BCUT2D eigenvalue weighted by Gasteiger charge is -2.28. The van der Waals surface area contributed by atoms with E-state index in [-0.39, 0.29) is 18.3 Å². The second-order valence-electron chi connectivity index (χ2n) is 4.53. The van der Waals surface area contributed by atoms with E-state index in [1.807, 2.05) is 0 Å². The minimum Gasteiger partial charge on any atom is -0.325 e. The Morgan fingerprint density at radius 2 is 2.11 bits per heavy atom. The highest BCUT2D eigenvalue weighted by Crippen LogP contribution is 2.13. The van der Waals surface area contributed by atoms with Crippen LogP contribution in [0.15, 0.2) is 24.3 Å².